The summed E-state index contributed by atoms with van der Waals surface area (Å²) in [5, 5.41) is 4.14. The minimum absolute atomic E-state index is 0. The number of rotatable bonds is 6. The molecule has 0 amide bonds. The molecule has 1 rings (SSSR count). The lowest BCUT2D eigenvalue weighted by atomic mass is 10.2. The monoisotopic (exact) mass is 427 g/mol. The Hall–Kier alpha value is -0.140. The number of thioether (sulfide) groups is 1. The van der Waals surface area contributed by atoms with Crippen molar-refractivity contribution in [2.24, 2.45) is 4.99 Å². The molecular formula is C14H23ClIN3S. The highest BCUT2D eigenvalue weighted by atomic mass is 127. The van der Waals surface area contributed by atoms with Gasteiger partial charge in [0.05, 0.1) is 0 Å². The Morgan fingerprint density at radius 1 is 1.45 bits per heavy atom. The van der Waals surface area contributed by atoms with Gasteiger partial charge in [0.15, 0.2) is 5.96 Å². The molecule has 114 valence electrons. The van der Waals surface area contributed by atoms with Crippen molar-refractivity contribution in [2.45, 2.75) is 13.0 Å². The Bertz CT molecular complexity index is 415. The third-order valence-electron chi connectivity index (χ3n) is 2.69. The second-order valence-electron chi connectivity index (χ2n) is 4.31. The fourth-order valence-electron chi connectivity index (χ4n) is 1.79. The van der Waals surface area contributed by atoms with Crippen LogP contribution in [0.3, 0.4) is 0 Å². The van der Waals surface area contributed by atoms with Crippen molar-refractivity contribution in [1.29, 1.82) is 0 Å². The molecule has 0 bridgehead atoms. The summed E-state index contributed by atoms with van der Waals surface area (Å²) < 4.78 is 0. The summed E-state index contributed by atoms with van der Waals surface area (Å²) in [7, 11) is 3.84. The van der Waals surface area contributed by atoms with Crippen LogP contribution in [0.15, 0.2) is 29.3 Å². The molecule has 3 nitrogen and oxygen atoms in total. The number of nitrogens with zero attached hydrogens (tertiary/aromatic N) is 2. The lowest BCUT2D eigenvalue weighted by Gasteiger charge is -2.22. The molecule has 0 aliphatic rings. The van der Waals surface area contributed by atoms with Crippen molar-refractivity contribution in [3.63, 3.8) is 0 Å². The van der Waals surface area contributed by atoms with Gasteiger partial charge in [0.1, 0.15) is 0 Å². The quantitative estimate of drug-likeness (QED) is 0.324. The maximum Gasteiger partial charge on any atom is 0.193 e. The zero-order valence-corrected chi connectivity index (χ0v) is 16.1. The number of nitrogens with one attached hydrogen (secondary N) is 1. The molecule has 0 aromatic heterocycles. The van der Waals surface area contributed by atoms with E-state index in [1.165, 1.54) is 11.3 Å². The average Bonchev–Trinajstić information content (AvgIpc) is 2.38. The fourth-order valence-corrected chi connectivity index (χ4v) is 2.43. The highest BCUT2D eigenvalue weighted by Gasteiger charge is 2.06. The predicted molar refractivity (Wildman–Crippen MR) is 103 cm³/mol. The first-order valence-corrected chi connectivity index (χ1v) is 8.09. The Kier molecular flexibility index (Phi) is 11.4. The number of benzene rings is 1. The second-order valence-corrected chi connectivity index (χ2v) is 5.73. The van der Waals surface area contributed by atoms with E-state index in [1.807, 2.05) is 44.1 Å². The molecule has 0 aliphatic heterocycles. The van der Waals surface area contributed by atoms with Gasteiger partial charge in [-0.25, -0.2) is 0 Å². The van der Waals surface area contributed by atoms with Crippen LogP contribution in [0.25, 0.3) is 0 Å². The van der Waals surface area contributed by atoms with Gasteiger partial charge in [-0.3, -0.25) is 4.99 Å². The lowest BCUT2D eigenvalue weighted by molar-refractivity contribution is 0.477. The summed E-state index contributed by atoms with van der Waals surface area (Å²) in [5.74, 6) is 2.09. The van der Waals surface area contributed by atoms with Crippen LogP contribution in [-0.4, -0.2) is 43.5 Å². The molecule has 1 aromatic rings. The molecule has 1 N–H and O–H groups in total. The standard InChI is InChI=1S/C14H22ClN3S.HI/c1-16-14(17-8-5-9-19-3)18(2)11-12-6-4-7-13(15)10-12;/h4,6-7,10H,5,8-9,11H2,1-3H3,(H,16,17);1H. The van der Waals surface area contributed by atoms with E-state index in [-0.39, 0.29) is 24.0 Å². The van der Waals surface area contributed by atoms with Crippen molar-refractivity contribution >= 4 is 53.3 Å². The summed E-state index contributed by atoms with van der Waals surface area (Å²) in [6.45, 7) is 1.75. The first kappa shape index (κ1) is 19.9. The van der Waals surface area contributed by atoms with E-state index in [9.17, 15) is 0 Å². The van der Waals surface area contributed by atoms with Crippen LogP contribution in [0.4, 0.5) is 0 Å². The summed E-state index contributed by atoms with van der Waals surface area (Å²) in [6.07, 6.45) is 3.27. The van der Waals surface area contributed by atoms with E-state index in [1.54, 1.807) is 0 Å². The Balaban J connectivity index is 0.00000361. The molecule has 20 heavy (non-hydrogen) atoms. The van der Waals surface area contributed by atoms with Crippen LogP contribution in [-0.2, 0) is 6.54 Å². The fraction of sp³-hybridized carbons (Fsp3) is 0.500. The molecule has 0 spiro atoms. The van der Waals surface area contributed by atoms with Gasteiger partial charge in [0.2, 0.25) is 0 Å². The minimum Gasteiger partial charge on any atom is -0.356 e. The topological polar surface area (TPSA) is 27.6 Å². The van der Waals surface area contributed by atoms with E-state index in [0.29, 0.717) is 0 Å². The average molecular weight is 428 g/mol. The van der Waals surface area contributed by atoms with Crippen molar-refractivity contribution in [1.82, 2.24) is 10.2 Å². The maximum absolute atomic E-state index is 5.99. The van der Waals surface area contributed by atoms with Gasteiger partial charge in [-0.2, -0.15) is 11.8 Å². The molecule has 0 unspecified atom stereocenters. The number of halogens is 2. The number of hydrogen-bond acceptors (Lipinski definition) is 2. The predicted octanol–water partition coefficient (Wildman–Crippen LogP) is 3.72. The molecule has 0 saturated carbocycles. The normalized spacial score (nSPS) is 10.9. The SMILES string of the molecule is CN=C(NCCCSC)N(C)Cc1cccc(Cl)c1.I. The van der Waals surface area contributed by atoms with Gasteiger partial charge >= 0.3 is 0 Å². The largest absolute Gasteiger partial charge is 0.356 e. The molecule has 6 heteroatoms. The third-order valence-corrected chi connectivity index (χ3v) is 3.62. The summed E-state index contributed by atoms with van der Waals surface area (Å²) in [4.78, 5) is 6.40. The van der Waals surface area contributed by atoms with Crippen molar-refractivity contribution < 1.29 is 0 Å². The van der Waals surface area contributed by atoms with E-state index in [4.69, 9.17) is 11.6 Å². The number of hydrogen-bond donors (Lipinski definition) is 1. The number of aliphatic imine (C=N–C) groups is 1. The van der Waals surface area contributed by atoms with E-state index in [0.717, 1.165) is 30.5 Å². The highest BCUT2D eigenvalue weighted by Crippen LogP contribution is 2.12. The Labute approximate surface area is 148 Å². The van der Waals surface area contributed by atoms with Crippen LogP contribution in [0.1, 0.15) is 12.0 Å². The smallest absolute Gasteiger partial charge is 0.193 e. The molecule has 0 radical (unpaired) electrons. The summed E-state index contributed by atoms with van der Waals surface area (Å²) in [6, 6.07) is 7.92. The van der Waals surface area contributed by atoms with E-state index in [2.05, 4.69) is 27.5 Å². The van der Waals surface area contributed by atoms with Crippen LogP contribution >= 0.6 is 47.3 Å². The van der Waals surface area contributed by atoms with Gasteiger partial charge in [0, 0.05) is 32.2 Å². The molecule has 0 fully saturated rings. The van der Waals surface area contributed by atoms with Gasteiger partial charge in [-0.15, -0.1) is 24.0 Å². The van der Waals surface area contributed by atoms with Crippen molar-refractivity contribution in [3.05, 3.63) is 34.9 Å². The molecule has 1 aromatic carbocycles. The summed E-state index contributed by atoms with van der Waals surface area (Å²) >= 11 is 7.86. The van der Waals surface area contributed by atoms with Gasteiger partial charge in [-0.1, -0.05) is 23.7 Å². The first-order valence-electron chi connectivity index (χ1n) is 6.32. The molecule has 0 aliphatic carbocycles. The Morgan fingerprint density at radius 2 is 2.20 bits per heavy atom. The minimum atomic E-state index is 0. The van der Waals surface area contributed by atoms with Crippen LogP contribution in [0.5, 0.6) is 0 Å². The Morgan fingerprint density at radius 3 is 2.80 bits per heavy atom. The molecule has 0 saturated heterocycles. The van der Waals surface area contributed by atoms with Gasteiger partial charge < -0.3 is 10.2 Å². The summed E-state index contributed by atoms with van der Waals surface area (Å²) in [5.41, 5.74) is 1.18. The van der Waals surface area contributed by atoms with Crippen molar-refractivity contribution in [2.75, 3.05) is 32.6 Å². The van der Waals surface area contributed by atoms with Crippen LogP contribution in [0.2, 0.25) is 5.02 Å². The van der Waals surface area contributed by atoms with Gasteiger partial charge in [0.25, 0.3) is 0 Å². The molecule has 0 heterocycles. The highest BCUT2D eigenvalue weighted by molar-refractivity contribution is 14.0. The molecule has 0 atom stereocenters. The van der Waals surface area contributed by atoms with Crippen LogP contribution < -0.4 is 5.32 Å². The zero-order valence-electron chi connectivity index (χ0n) is 12.2. The van der Waals surface area contributed by atoms with Crippen LogP contribution in [0, 0.1) is 0 Å². The number of guanidine groups is 1. The lowest BCUT2D eigenvalue weighted by Crippen LogP contribution is -2.39. The van der Waals surface area contributed by atoms with E-state index < -0.39 is 0 Å². The van der Waals surface area contributed by atoms with Gasteiger partial charge in [-0.05, 0) is 36.1 Å². The zero-order chi connectivity index (χ0) is 14.1. The third kappa shape index (κ3) is 7.59. The van der Waals surface area contributed by atoms with Crippen molar-refractivity contribution in [3.8, 4) is 0 Å². The maximum atomic E-state index is 5.99. The molecular weight excluding hydrogens is 405 g/mol. The first-order chi connectivity index (χ1) is 9.17. The second kappa shape index (κ2) is 11.5. The van der Waals surface area contributed by atoms with E-state index >= 15 is 0 Å².